The fourth-order valence-electron chi connectivity index (χ4n) is 1.74. The minimum atomic E-state index is -3.62. The van der Waals surface area contributed by atoms with Crippen molar-refractivity contribution in [3.8, 4) is 0 Å². The van der Waals surface area contributed by atoms with Crippen molar-refractivity contribution in [1.82, 2.24) is 4.72 Å². The molecule has 0 aliphatic heterocycles. The molecule has 2 rings (SSSR count). The maximum Gasteiger partial charge on any atom is 0.240 e. The Kier molecular flexibility index (Phi) is 5.32. The van der Waals surface area contributed by atoms with E-state index in [4.69, 9.17) is 0 Å². The minimum Gasteiger partial charge on any atom is -0.294 e. The van der Waals surface area contributed by atoms with Crippen LogP contribution in [0.1, 0.15) is 28.6 Å². The topological polar surface area (TPSA) is 63.2 Å². The van der Waals surface area contributed by atoms with Gasteiger partial charge in [0.15, 0.2) is 5.78 Å². The number of Topliss-reactive ketones (excluding diaryl/α,β-unsaturated/α-hetero) is 1. The largest absolute Gasteiger partial charge is 0.294 e. The lowest BCUT2D eigenvalue weighted by molar-refractivity contribution is 0.0988. The number of sulfonamides is 1. The van der Waals surface area contributed by atoms with Crippen LogP contribution in [-0.4, -0.2) is 14.2 Å². The molecule has 1 aromatic heterocycles. The van der Waals surface area contributed by atoms with Gasteiger partial charge in [-0.05, 0) is 40.2 Å². The zero-order valence-corrected chi connectivity index (χ0v) is 14.5. The molecule has 0 unspecified atom stereocenters. The first-order chi connectivity index (χ1) is 9.92. The molecule has 1 heterocycles. The van der Waals surface area contributed by atoms with Crippen molar-refractivity contribution in [1.29, 1.82) is 0 Å². The Morgan fingerprint density at radius 2 is 2.05 bits per heavy atom. The Morgan fingerprint density at radius 1 is 1.29 bits per heavy atom. The summed E-state index contributed by atoms with van der Waals surface area (Å²) >= 11 is 4.81. The Hall–Kier alpha value is -1.02. The molecule has 4 nitrogen and oxygen atoms in total. The third kappa shape index (κ3) is 4.23. The monoisotopic (exact) mass is 387 g/mol. The van der Waals surface area contributed by atoms with Crippen molar-refractivity contribution in [3.05, 3.63) is 50.6 Å². The third-order valence-electron chi connectivity index (χ3n) is 2.85. The molecule has 0 aliphatic rings. The van der Waals surface area contributed by atoms with E-state index >= 15 is 0 Å². The number of halogens is 1. The van der Waals surface area contributed by atoms with Gasteiger partial charge in [0.2, 0.25) is 10.0 Å². The first-order valence-electron chi connectivity index (χ1n) is 6.29. The summed E-state index contributed by atoms with van der Waals surface area (Å²) in [6.07, 6.45) is 0.347. The molecule has 2 aromatic rings. The first-order valence-corrected chi connectivity index (χ1v) is 9.39. The summed E-state index contributed by atoms with van der Waals surface area (Å²) in [5, 5.41) is 0. The number of carbonyl (C=O) groups is 1. The van der Waals surface area contributed by atoms with E-state index in [0.717, 1.165) is 8.66 Å². The number of thiophene rings is 1. The van der Waals surface area contributed by atoms with Gasteiger partial charge in [0, 0.05) is 23.4 Å². The van der Waals surface area contributed by atoms with Gasteiger partial charge in [-0.2, -0.15) is 0 Å². The summed E-state index contributed by atoms with van der Waals surface area (Å²) in [6, 6.07) is 9.83. The van der Waals surface area contributed by atoms with Crippen LogP contribution in [-0.2, 0) is 16.6 Å². The Morgan fingerprint density at radius 3 is 2.67 bits per heavy atom. The SMILES string of the molecule is CCC(=O)c1cccc(S(=O)(=O)NCc2ccc(Br)s2)c1. The average Bonchev–Trinajstić information content (AvgIpc) is 2.90. The molecule has 0 saturated heterocycles. The van der Waals surface area contributed by atoms with Crippen LogP contribution in [0.25, 0.3) is 0 Å². The summed E-state index contributed by atoms with van der Waals surface area (Å²) in [4.78, 5) is 12.7. The summed E-state index contributed by atoms with van der Waals surface area (Å²) < 4.78 is 28.0. The van der Waals surface area contributed by atoms with Gasteiger partial charge < -0.3 is 0 Å². The van der Waals surface area contributed by atoms with Gasteiger partial charge in [-0.25, -0.2) is 13.1 Å². The zero-order chi connectivity index (χ0) is 15.5. The lowest BCUT2D eigenvalue weighted by Crippen LogP contribution is -2.23. The van der Waals surface area contributed by atoms with Gasteiger partial charge >= 0.3 is 0 Å². The molecule has 112 valence electrons. The van der Waals surface area contributed by atoms with Crippen LogP contribution < -0.4 is 4.72 Å². The van der Waals surface area contributed by atoms with Crippen LogP contribution in [0.2, 0.25) is 0 Å². The van der Waals surface area contributed by atoms with Gasteiger partial charge in [-0.15, -0.1) is 11.3 Å². The van der Waals surface area contributed by atoms with Crippen molar-refractivity contribution in [3.63, 3.8) is 0 Å². The second kappa shape index (κ2) is 6.83. The van der Waals surface area contributed by atoms with Crippen molar-refractivity contribution < 1.29 is 13.2 Å². The standard InChI is InChI=1S/C14H14BrNO3S2/c1-2-13(17)10-4-3-5-12(8-10)21(18,19)16-9-11-6-7-14(15)20-11/h3-8,16H,2,9H2,1H3. The number of carbonyl (C=O) groups excluding carboxylic acids is 1. The van der Waals surface area contributed by atoms with Gasteiger partial charge in [-0.3, -0.25) is 4.79 Å². The molecule has 21 heavy (non-hydrogen) atoms. The summed E-state index contributed by atoms with van der Waals surface area (Å²) in [7, 11) is -3.62. The molecule has 1 N–H and O–H groups in total. The Bertz CT molecular complexity index is 753. The molecule has 1 aromatic carbocycles. The molecule has 7 heteroatoms. The van der Waals surface area contributed by atoms with Gasteiger partial charge in [0.25, 0.3) is 0 Å². The molecule has 0 radical (unpaired) electrons. The van der Waals surface area contributed by atoms with Crippen LogP contribution in [0, 0.1) is 0 Å². The molecule has 0 bridgehead atoms. The molecular formula is C14H14BrNO3S2. The molecule has 0 aliphatic carbocycles. The number of ketones is 1. The maximum absolute atomic E-state index is 12.2. The van der Waals surface area contributed by atoms with Crippen LogP contribution >= 0.6 is 27.3 Å². The van der Waals surface area contributed by atoms with Crippen molar-refractivity contribution in [2.45, 2.75) is 24.8 Å². The van der Waals surface area contributed by atoms with Crippen LogP contribution in [0.3, 0.4) is 0 Å². The smallest absolute Gasteiger partial charge is 0.240 e. The normalized spacial score (nSPS) is 11.5. The number of hydrogen-bond acceptors (Lipinski definition) is 4. The highest BCUT2D eigenvalue weighted by Crippen LogP contribution is 2.22. The highest BCUT2D eigenvalue weighted by molar-refractivity contribution is 9.11. The van der Waals surface area contributed by atoms with E-state index in [-0.39, 0.29) is 17.2 Å². The van der Waals surface area contributed by atoms with E-state index in [1.165, 1.54) is 23.5 Å². The van der Waals surface area contributed by atoms with Crippen molar-refractivity contribution in [2.24, 2.45) is 0 Å². The molecule has 0 saturated carbocycles. The summed E-state index contributed by atoms with van der Waals surface area (Å²) in [6.45, 7) is 1.97. The average molecular weight is 388 g/mol. The third-order valence-corrected chi connectivity index (χ3v) is 5.88. The van der Waals surface area contributed by atoms with Crippen molar-refractivity contribution >= 4 is 43.1 Å². The molecule has 0 spiro atoms. The first kappa shape index (κ1) is 16.4. The van der Waals surface area contributed by atoms with Crippen LogP contribution in [0.5, 0.6) is 0 Å². The lowest BCUT2D eigenvalue weighted by Gasteiger charge is -2.07. The molecule has 0 amide bonds. The summed E-state index contributed by atoms with van der Waals surface area (Å²) in [5.74, 6) is -0.0748. The number of rotatable bonds is 6. The minimum absolute atomic E-state index is 0.0748. The van der Waals surface area contributed by atoms with E-state index in [1.807, 2.05) is 12.1 Å². The zero-order valence-electron chi connectivity index (χ0n) is 11.3. The Balaban J connectivity index is 2.17. The second-order valence-electron chi connectivity index (χ2n) is 4.33. The van der Waals surface area contributed by atoms with Crippen LogP contribution in [0.15, 0.2) is 45.1 Å². The highest BCUT2D eigenvalue weighted by Gasteiger charge is 2.16. The van der Waals surface area contributed by atoms with Gasteiger partial charge in [0.1, 0.15) is 0 Å². The van der Waals surface area contributed by atoms with E-state index in [2.05, 4.69) is 20.7 Å². The predicted molar refractivity (Wildman–Crippen MR) is 87.1 cm³/mol. The lowest BCUT2D eigenvalue weighted by atomic mass is 10.1. The van der Waals surface area contributed by atoms with Gasteiger partial charge in [-0.1, -0.05) is 19.1 Å². The quantitative estimate of drug-likeness (QED) is 0.770. The molecule has 0 atom stereocenters. The van der Waals surface area contributed by atoms with E-state index in [1.54, 1.807) is 19.1 Å². The highest BCUT2D eigenvalue weighted by atomic mass is 79.9. The number of benzene rings is 1. The molecular weight excluding hydrogens is 374 g/mol. The number of nitrogens with one attached hydrogen (secondary N) is 1. The second-order valence-corrected chi connectivity index (χ2v) is 8.65. The van der Waals surface area contributed by atoms with E-state index in [9.17, 15) is 13.2 Å². The fraction of sp³-hybridized carbons (Fsp3) is 0.214. The van der Waals surface area contributed by atoms with Gasteiger partial charge in [0.05, 0.1) is 8.68 Å². The van der Waals surface area contributed by atoms with Crippen LogP contribution in [0.4, 0.5) is 0 Å². The van der Waals surface area contributed by atoms with E-state index < -0.39 is 10.0 Å². The summed E-state index contributed by atoms with van der Waals surface area (Å²) in [5.41, 5.74) is 0.416. The number of hydrogen-bond donors (Lipinski definition) is 1. The maximum atomic E-state index is 12.2. The fourth-order valence-corrected chi connectivity index (χ4v) is 4.30. The molecule has 0 fully saturated rings. The van der Waals surface area contributed by atoms with Crippen molar-refractivity contribution in [2.75, 3.05) is 0 Å². The Labute approximate surface area is 136 Å². The predicted octanol–water partition coefficient (Wildman–Crippen LogP) is 3.58. The van der Waals surface area contributed by atoms with E-state index in [0.29, 0.717) is 12.0 Å².